The molecular formula is C16H27NOS. The number of benzene rings is 1. The third-order valence-corrected chi connectivity index (χ3v) is 5.16. The van der Waals surface area contributed by atoms with Gasteiger partial charge in [-0.15, -0.1) is 11.8 Å². The number of aryl methyl sites for hydroxylation is 2. The Morgan fingerprint density at radius 3 is 2.58 bits per heavy atom. The van der Waals surface area contributed by atoms with E-state index in [1.165, 1.54) is 16.0 Å². The number of aliphatic hydroxyl groups excluding tert-OH is 1. The molecule has 1 rings (SSSR count). The summed E-state index contributed by atoms with van der Waals surface area (Å²) in [6, 6.07) is 6.62. The monoisotopic (exact) mass is 281 g/mol. The van der Waals surface area contributed by atoms with Gasteiger partial charge in [-0.2, -0.15) is 0 Å². The lowest BCUT2D eigenvalue weighted by molar-refractivity contribution is 0.154. The first-order valence-corrected chi connectivity index (χ1v) is 8.05. The van der Waals surface area contributed by atoms with Gasteiger partial charge >= 0.3 is 0 Å². The van der Waals surface area contributed by atoms with Gasteiger partial charge in [0.1, 0.15) is 0 Å². The first kappa shape index (κ1) is 16.5. The van der Waals surface area contributed by atoms with Crippen molar-refractivity contribution in [2.75, 3.05) is 19.4 Å². The van der Waals surface area contributed by atoms with Crippen molar-refractivity contribution in [3.63, 3.8) is 0 Å². The van der Waals surface area contributed by atoms with Crippen LogP contribution in [0.4, 0.5) is 0 Å². The largest absolute Gasteiger partial charge is 0.394 e. The van der Waals surface area contributed by atoms with E-state index in [0.717, 1.165) is 25.0 Å². The van der Waals surface area contributed by atoms with Crippen molar-refractivity contribution in [3.8, 4) is 0 Å². The summed E-state index contributed by atoms with van der Waals surface area (Å²) in [5, 5.41) is 12.8. The molecule has 2 nitrogen and oxygen atoms in total. The molecule has 2 N–H and O–H groups in total. The summed E-state index contributed by atoms with van der Waals surface area (Å²) in [7, 11) is 1.94. The molecule has 0 fully saturated rings. The van der Waals surface area contributed by atoms with Crippen molar-refractivity contribution in [1.82, 2.24) is 5.32 Å². The molecule has 0 aromatic heterocycles. The van der Waals surface area contributed by atoms with Gasteiger partial charge in [-0.1, -0.05) is 24.6 Å². The molecule has 108 valence electrons. The van der Waals surface area contributed by atoms with Crippen molar-refractivity contribution in [2.45, 2.75) is 50.5 Å². The van der Waals surface area contributed by atoms with Crippen molar-refractivity contribution >= 4 is 11.8 Å². The average molecular weight is 281 g/mol. The number of likely N-dealkylation sites (N-methyl/N-ethyl adjacent to an activating group) is 1. The molecule has 0 aliphatic carbocycles. The topological polar surface area (TPSA) is 32.3 Å². The smallest absolute Gasteiger partial charge is 0.0613 e. The van der Waals surface area contributed by atoms with Crippen molar-refractivity contribution in [1.29, 1.82) is 0 Å². The van der Waals surface area contributed by atoms with Crippen LogP contribution < -0.4 is 5.32 Å². The van der Waals surface area contributed by atoms with Crippen LogP contribution in [0.15, 0.2) is 23.1 Å². The van der Waals surface area contributed by atoms with E-state index in [9.17, 15) is 5.11 Å². The molecule has 1 aromatic carbocycles. The molecule has 3 heteroatoms. The Kier molecular flexibility index (Phi) is 6.90. The first-order chi connectivity index (χ1) is 9.06. The minimum Gasteiger partial charge on any atom is -0.394 e. The van der Waals surface area contributed by atoms with Crippen molar-refractivity contribution in [3.05, 3.63) is 29.3 Å². The lowest BCUT2D eigenvalue weighted by Gasteiger charge is -2.30. The normalized spacial score (nSPS) is 14.4. The van der Waals surface area contributed by atoms with Gasteiger partial charge in [0.2, 0.25) is 0 Å². The molecule has 0 radical (unpaired) electrons. The maximum absolute atomic E-state index is 9.50. The summed E-state index contributed by atoms with van der Waals surface area (Å²) >= 11 is 1.92. The number of hydrogen-bond acceptors (Lipinski definition) is 3. The fraction of sp³-hybridized carbons (Fsp3) is 0.625. The van der Waals surface area contributed by atoms with Crippen LogP contribution in [0.1, 0.15) is 37.3 Å². The van der Waals surface area contributed by atoms with Crippen LogP contribution in [-0.4, -0.2) is 30.1 Å². The minimum absolute atomic E-state index is 0.0944. The summed E-state index contributed by atoms with van der Waals surface area (Å²) in [6.07, 6.45) is 3.11. The zero-order valence-electron chi connectivity index (χ0n) is 12.6. The number of hydrogen-bond donors (Lipinski definition) is 2. The molecule has 0 spiro atoms. The second-order valence-electron chi connectivity index (χ2n) is 5.26. The predicted octanol–water partition coefficient (Wildman–Crippen LogP) is 3.54. The SMILES string of the molecule is CCC(CO)(CCCSc1ccc(C)cc1C)NC. The lowest BCUT2D eigenvalue weighted by Crippen LogP contribution is -2.45. The molecule has 1 unspecified atom stereocenters. The average Bonchev–Trinajstić information content (AvgIpc) is 2.42. The number of rotatable bonds is 8. The lowest BCUT2D eigenvalue weighted by atomic mass is 9.92. The van der Waals surface area contributed by atoms with E-state index in [0.29, 0.717) is 0 Å². The third kappa shape index (κ3) is 4.83. The van der Waals surface area contributed by atoms with Gasteiger partial charge in [0, 0.05) is 10.4 Å². The molecule has 19 heavy (non-hydrogen) atoms. The van der Waals surface area contributed by atoms with Crippen LogP contribution in [-0.2, 0) is 0 Å². The fourth-order valence-electron chi connectivity index (χ4n) is 2.30. The molecule has 0 saturated heterocycles. The third-order valence-electron chi connectivity index (χ3n) is 3.90. The van der Waals surface area contributed by atoms with E-state index in [1.807, 2.05) is 18.8 Å². The minimum atomic E-state index is -0.0944. The van der Waals surface area contributed by atoms with Crippen LogP contribution in [0.25, 0.3) is 0 Å². The Morgan fingerprint density at radius 2 is 2.05 bits per heavy atom. The highest BCUT2D eigenvalue weighted by Gasteiger charge is 2.24. The molecule has 0 saturated carbocycles. The highest BCUT2D eigenvalue weighted by Crippen LogP contribution is 2.26. The Labute approximate surface area is 122 Å². The van der Waals surface area contributed by atoms with E-state index < -0.39 is 0 Å². The summed E-state index contributed by atoms with van der Waals surface area (Å²) in [5.41, 5.74) is 2.59. The van der Waals surface area contributed by atoms with Gasteiger partial charge in [0.05, 0.1) is 6.61 Å². The Bertz CT molecular complexity index is 380. The van der Waals surface area contributed by atoms with E-state index in [4.69, 9.17) is 0 Å². The second kappa shape index (κ2) is 7.93. The van der Waals surface area contributed by atoms with E-state index >= 15 is 0 Å². The standard InChI is InChI=1S/C16H27NOS/c1-5-16(12-18,17-4)9-6-10-19-15-8-7-13(2)11-14(15)3/h7-8,11,17-18H,5-6,9-10,12H2,1-4H3. The van der Waals surface area contributed by atoms with Crippen molar-refractivity contribution < 1.29 is 5.11 Å². The zero-order valence-corrected chi connectivity index (χ0v) is 13.4. The number of aliphatic hydroxyl groups is 1. The van der Waals surface area contributed by atoms with Crippen molar-refractivity contribution in [2.24, 2.45) is 0 Å². The zero-order chi connectivity index (χ0) is 14.3. The molecule has 1 atom stereocenters. The molecule has 0 amide bonds. The predicted molar refractivity (Wildman–Crippen MR) is 85.0 cm³/mol. The molecular weight excluding hydrogens is 254 g/mol. The molecule has 0 bridgehead atoms. The summed E-state index contributed by atoms with van der Waals surface area (Å²) in [6.45, 7) is 6.65. The van der Waals surface area contributed by atoms with Crippen LogP contribution in [0.3, 0.4) is 0 Å². The Balaban J connectivity index is 2.42. The number of thioether (sulfide) groups is 1. The summed E-state index contributed by atoms with van der Waals surface area (Å²) in [5.74, 6) is 1.10. The highest BCUT2D eigenvalue weighted by molar-refractivity contribution is 7.99. The second-order valence-corrected chi connectivity index (χ2v) is 6.40. The van der Waals surface area contributed by atoms with Gasteiger partial charge in [0.15, 0.2) is 0 Å². The van der Waals surface area contributed by atoms with Crippen LogP contribution in [0.5, 0.6) is 0 Å². The van der Waals surface area contributed by atoms with Crippen LogP contribution in [0, 0.1) is 13.8 Å². The number of nitrogens with one attached hydrogen (secondary N) is 1. The van der Waals surface area contributed by atoms with E-state index in [2.05, 4.69) is 44.3 Å². The van der Waals surface area contributed by atoms with Gasteiger partial charge in [0.25, 0.3) is 0 Å². The maximum Gasteiger partial charge on any atom is 0.0613 e. The van der Waals surface area contributed by atoms with Crippen LogP contribution in [0.2, 0.25) is 0 Å². The van der Waals surface area contributed by atoms with Gasteiger partial charge in [-0.05, 0) is 57.5 Å². The summed E-state index contributed by atoms with van der Waals surface area (Å²) in [4.78, 5) is 1.38. The van der Waals surface area contributed by atoms with Gasteiger partial charge in [-0.3, -0.25) is 0 Å². The van der Waals surface area contributed by atoms with E-state index in [-0.39, 0.29) is 12.1 Å². The highest BCUT2D eigenvalue weighted by atomic mass is 32.2. The Hall–Kier alpha value is -0.510. The molecule has 0 aliphatic rings. The Morgan fingerprint density at radius 1 is 1.32 bits per heavy atom. The van der Waals surface area contributed by atoms with Gasteiger partial charge in [-0.25, -0.2) is 0 Å². The summed E-state index contributed by atoms with van der Waals surface area (Å²) < 4.78 is 0. The van der Waals surface area contributed by atoms with Gasteiger partial charge < -0.3 is 10.4 Å². The molecule has 1 aromatic rings. The fourth-order valence-corrected chi connectivity index (χ4v) is 3.26. The maximum atomic E-state index is 9.50. The first-order valence-electron chi connectivity index (χ1n) is 7.06. The van der Waals surface area contributed by atoms with Crippen LogP contribution >= 0.6 is 11.8 Å². The molecule has 0 aliphatic heterocycles. The van der Waals surface area contributed by atoms with E-state index in [1.54, 1.807) is 0 Å². The quantitative estimate of drug-likeness (QED) is 0.565. The molecule has 0 heterocycles.